The molecule has 0 atom stereocenters. The minimum Gasteiger partial charge on any atom is -0.385 e. The van der Waals surface area contributed by atoms with Crippen LogP contribution in [-0.4, -0.2) is 95.0 Å². The second-order valence-corrected chi connectivity index (χ2v) is 9.22. The summed E-state index contributed by atoms with van der Waals surface area (Å²) in [5.41, 5.74) is 0.242. The topological polar surface area (TPSA) is 64.6 Å². The summed E-state index contributed by atoms with van der Waals surface area (Å²) in [4.78, 5) is 0. The Balaban J connectivity index is 0. The molecule has 0 spiro atoms. The maximum absolute atomic E-state index is 5.77. The average Bonchev–Trinajstić information content (AvgIpc) is 2.86. The molecule has 0 N–H and O–H groups in total. The van der Waals surface area contributed by atoms with Gasteiger partial charge in [0.05, 0.1) is 6.61 Å². The van der Waals surface area contributed by atoms with Gasteiger partial charge in [-0.15, -0.1) is 0 Å². The number of hydrogen-bond donors (Lipinski definition) is 0. The van der Waals surface area contributed by atoms with E-state index in [0.717, 1.165) is 111 Å². The van der Waals surface area contributed by atoms with Crippen LogP contribution < -0.4 is 0 Å². The third-order valence-corrected chi connectivity index (χ3v) is 6.26. The van der Waals surface area contributed by atoms with Gasteiger partial charge in [0.25, 0.3) is 0 Å². The number of hydrogen-bond acceptors (Lipinski definition) is 7. The lowest BCUT2D eigenvalue weighted by Gasteiger charge is -2.34. The van der Waals surface area contributed by atoms with Crippen LogP contribution in [0.3, 0.4) is 0 Å². The summed E-state index contributed by atoms with van der Waals surface area (Å²) in [6.45, 7) is 11.6. The molecule has 0 saturated carbocycles. The number of ether oxygens (including phenoxy) is 7. The Labute approximate surface area is 217 Å². The van der Waals surface area contributed by atoms with Gasteiger partial charge in [-0.2, -0.15) is 0 Å². The fraction of sp³-hybridized carbons (Fsp3) is 1.00. The molecule has 0 bridgehead atoms. The van der Waals surface area contributed by atoms with Gasteiger partial charge in [0.2, 0.25) is 0 Å². The maximum Gasteiger partial charge on any atom is 0.0522 e. The minimum atomic E-state index is 0.242. The fourth-order valence-electron chi connectivity index (χ4n) is 4.31. The molecular weight excluding hydrogens is 448 g/mol. The van der Waals surface area contributed by atoms with Crippen LogP contribution in [0.15, 0.2) is 0 Å². The molecule has 214 valence electrons. The monoisotopic (exact) mass is 508 g/mol. The lowest BCUT2D eigenvalue weighted by atomic mass is 9.76. The molecule has 0 fully saturated rings. The highest BCUT2D eigenvalue weighted by molar-refractivity contribution is 4.79. The SMILES string of the molecule is CCOCC(CCCOC)(CCCOC)CCCOC.CCOCC(CCCOC)CCCOC. The number of rotatable bonds is 26. The summed E-state index contributed by atoms with van der Waals surface area (Å²) in [7, 11) is 8.80. The second-order valence-electron chi connectivity index (χ2n) is 9.22. The Morgan fingerprint density at radius 2 is 0.886 bits per heavy atom. The van der Waals surface area contributed by atoms with Crippen molar-refractivity contribution in [1.29, 1.82) is 0 Å². The summed E-state index contributed by atoms with van der Waals surface area (Å²) >= 11 is 0. The van der Waals surface area contributed by atoms with Crippen molar-refractivity contribution in [3.8, 4) is 0 Å². The number of methoxy groups -OCH3 is 5. The second kappa shape index (κ2) is 29.9. The van der Waals surface area contributed by atoms with E-state index in [1.807, 2.05) is 6.92 Å². The lowest BCUT2D eigenvalue weighted by molar-refractivity contribution is 0.0160. The first-order chi connectivity index (χ1) is 17.1. The predicted octanol–water partition coefficient (Wildman–Crippen LogP) is 5.78. The first kappa shape index (κ1) is 36.9. The molecule has 0 aliphatic rings. The van der Waals surface area contributed by atoms with E-state index in [1.54, 1.807) is 35.5 Å². The van der Waals surface area contributed by atoms with Crippen LogP contribution in [0.2, 0.25) is 0 Å². The first-order valence-electron chi connectivity index (χ1n) is 13.7. The average molecular weight is 509 g/mol. The molecule has 0 aliphatic carbocycles. The molecule has 0 amide bonds. The van der Waals surface area contributed by atoms with E-state index in [1.165, 1.54) is 12.8 Å². The fourth-order valence-corrected chi connectivity index (χ4v) is 4.31. The highest BCUT2D eigenvalue weighted by atomic mass is 16.5. The van der Waals surface area contributed by atoms with E-state index in [2.05, 4.69) is 6.92 Å². The van der Waals surface area contributed by atoms with Gasteiger partial charge in [0.15, 0.2) is 0 Å². The van der Waals surface area contributed by atoms with Gasteiger partial charge in [-0.1, -0.05) is 0 Å². The van der Waals surface area contributed by atoms with Crippen molar-refractivity contribution in [3.63, 3.8) is 0 Å². The van der Waals surface area contributed by atoms with Crippen molar-refractivity contribution < 1.29 is 33.2 Å². The smallest absolute Gasteiger partial charge is 0.0522 e. The van der Waals surface area contributed by atoms with Crippen LogP contribution >= 0.6 is 0 Å². The van der Waals surface area contributed by atoms with Gasteiger partial charge >= 0.3 is 0 Å². The summed E-state index contributed by atoms with van der Waals surface area (Å²) in [6, 6.07) is 0. The van der Waals surface area contributed by atoms with E-state index in [0.29, 0.717) is 5.92 Å². The standard InChI is InChI=1S/C16H34O4.C12H26O3/c1-5-20-15-16(9-6-12-17-2,10-7-13-18-3)11-8-14-19-4;1-4-15-11-12(7-5-9-13-2)8-6-10-14-3/h5-15H2,1-4H3;12H,4-11H2,1-3H3. The quantitative estimate of drug-likeness (QED) is 0.137. The maximum atomic E-state index is 5.77. The van der Waals surface area contributed by atoms with Crippen LogP contribution in [0, 0.1) is 11.3 Å². The van der Waals surface area contributed by atoms with E-state index in [4.69, 9.17) is 33.2 Å². The molecule has 0 rings (SSSR count). The zero-order valence-corrected chi connectivity index (χ0v) is 24.4. The summed E-state index contributed by atoms with van der Waals surface area (Å²) in [5.74, 6) is 0.662. The van der Waals surface area contributed by atoms with Gasteiger partial charge in [-0.05, 0) is 89.4 Å². The molecule has 0 heterocycles. The zero-order chi connectivity index (χ0) is 26.5. The van der Waals surface area contributed by atoms with E-state index in [-0.39, 0.29) is 5.41 Å². The summed E-state index contributed by atoms with van der Waals surface area (Å²) in [5, 5.41) is 0. The van der Waals surface area contributed by atoms with E-state index < -0.39 is 0 Å². The van der Waals surface area contributed by atoms with Crippen molar-refractivity contribution in [2.75, 3.05) is 95.0 Å². The van der Waals surface area contributed by atoms with Crippen molar-refractivity contribution in [1.82, 2.24) is 0 Å². The zero-order valence-electron chi connectivity index (χ0n) is 24.4. The molecule has 7 nitrogen and oxygen atoms in total. The molecular formula is C28H60O7. The van der Waals surface area contributed by atoms with Gasteiger partial charge < -0.3 is 33.2 Å². The van der Waals surface area contributed by atoms with Gasteiger partial charge in [0, 0.05) is 88.4 Å². The van der Waals surface area contributed by atoms with Crippen LogP contribution in [0.5, 0.6) is 0 Å². The molecule has 0 aromatic rings. The molecule has 0 aromatic heterocycles. The molecule has 35 heavy (non-hydrogen) atoms. The lowest BCUT2D eigenvalue weighted by Crippen LogP contribution is -2.29. The van der Waals surface area contributed by atoms with Crippen LogP contribution in [-0.2, 0) is 33.2 Å². The van der Waals surface area contributed by atoms with Crippen LogP contribution in [0.25, 0.3) is 0 Å². The third kappa shape index (κ3) is 25.2. The highest BCUT2D eigenvalue weighted by Crippen LogP contribution is 2.35. The largest absolute Gasteiger partial charge is 0.385 e. The van der Waals surface area contributed by atoms with Crippen LogP contribution in [0.4, 0.5) is 0 Å². The Kier molecular flexibility index (Phi) is 31.6. The Morgan fingerprint density at radius 3 is 1.23 bits per heavy atom. The van der Waals surface area contributed by atoms with Gasteiger partial charge in [-0.25, -0.2) is 0 Å². The van der Waals surface area contributed by atoms with Crippen molar-refractivity contribution in [3.05, 3.63) is 0 Å². The highest BCUT2D eigenvalue weighted by Gasteiger charge is 2.29. The molecule has 0 aromatic carbocycles. The van der Waals surface area contributed by atoms with Crippen molar-refractivity contribution in [2.45, 2.75) is 78.1 Å². The van der Waals surface area contributed by atoms with Crippen LogP contribution in [0.1, 0.15) is 78.1 Å². The first-order valence-corrected chi connectivity index (χ1v) is 13.7. The Morgan fingerprint density at radius 1 is 0.514 bits per heavy atom. The van der Waals surface area contributed by atoms with Gasteiger partial charge in [-0.3, -0.25) is 0 Å². The molecule has 7 heteroatoms. The van der Waals surface area contributed by atoms with Crippen molar-refractivity contribution >= 4 is 0 Å². The molecule has 0 radical (unpaired) electrons. The van der Waals surface area contributed by atoms with Crippen molar-refractivity contribution in [2.24, 2.45) is 11.3 Å². The minimum absolute atomic E-state index is 0.242. The van der Waals surface area contributed by atoms with E-state index in [9.17, 15) is 0 Å². The normalized spacial score (nSPS) is 11.7. The van der Waals surface area contributed by atoms with E-state index >= 15 is 0 Å². The predicted molar refractivity (Wildman–Crippen MR) is 144 cm³/mol. The summed E-state index contributed by atoms with van der Waals surface area (Å²) < 4.78 is 37.0. The van der Waals surface area contributed by atoms with Gasteiger partial charge in [0.1, 0.15) is 0 Å². The molecule has 0 aliphatic heterocycles. The third-order valence-electron chi connectivity index (χ3n) is 6.26. The Bertz CT molecular complexity index is 346. The Hall–Kier alpha value is -0.280. The molecule has 0 unspecified atom stereocenters. The summed E-state index contributed by atoms with van der Waals surface area (Å²) in [6.07, 6.45) is 11.3. The molecule has 0 saturated heterocycles.